The fourth-order valence-electron chi connectivity index (χ4n) is 1.53. The molecule has 2 rings (SSSR count). The first-order valence-corrected chi connectivity index (χ1v) is 4.88. The third-order valence-corrected chi connectivity index (χ3v) is 2.33. The van der Waals surface area contributed by atoms with E-state index in [1.54, 1.807) is 26.2 Å². The van der Waals surface area contributed by atoms with Crippen molar-refractivity contribution in [3.05, 3.63) is 17.7 Å². The number of fused-ring (bicyclic) bond motifs is 1. The first-order valence-electron chi connectivity index (χ1n) is 4.88. The first-order chi connectivity index (χ1) is 7.22. The van der Waals surface area contributed by atoms with E-state index in [1.165, 1.54) is 0 Å². The molecule has 0 spiro atoms. The van der Waals surface area contributed by atoms with Gasteiger partial charge >= 0.3 is 0 Å². The van der Waals surface area contributed by atoms with Crippen LogP contribution in [-0.2, 0) is 0 Å². The summed E-state index contributed by atoms with van der Waals surface area (Å²) in [6.07, 6.45) is -0.547. The number of aliphatic hydroxyl groups is 1. The van der Waals surface area contributed by atoms with E-state index in [2.05, 4.69) is 0 Å². The third kappa shape index (κ3) is 1.85. The van der Waals surface area contributed by atoms with E-state index in [1.807, 2.05) is 0 Å². The Morgan fingerprint density at radius 1 is 1.33 bits per heavy atom. The highest BCUT2D eigenvalue weighted by Gasteiger charge is 2.19. The zero-order chi connectivity index (χ0) is 10.8. The third-order valence-electron chi connectivity index (χ3n) is 2.33. The highest BCUT2D eigenvalue weighted by atomic mass is 16.6. The van der Waals surface area contributed by atoms with Crippen molar-refractivity contribution in [1.29, 1.82) is 0 Å². The lowest BCUT2D eigenvalue weighted by atomic mass is 10.1. The molecule has 15 heavy (non-hydrogen) atoms. The van der Waals surface area contributed by atoms with Crippen molar-refractivity contribution < 1.29 is 19.3 Å². The van der Waals surface area contributed by atoms with Crippen LogP contribution in [0.3, 0.4) is 0 Å². The summed E-state index contributed by atoms with van der Waals surface area (Å²) in [5.41, 5.74) is 0.760. The molecule has 1 aromatic carbocycles. The fourth-order valence-corrected chi connectivity index (χ4v) is 1.53. The van der Waals surface area contributed by atoms with Gasteiger partial charge in [-0.3, -0.25) is 0 Å². The van der Waals surface area contributed by atoms with Gasteiger partial charge < -0.3 is 19.3 Å². The summed E-state index contributed by atoms with van der Waals surface area (Å²) in [6.45, 7) is 2.75. The predicted octanol–water partition coefficient (Wildman–Crippen LogP) is 1.52. The van der Waals surface area contributed by atoms with Gasteiger partial charge in [0.2, 0.25) is 5.75 Å². The van der Waals surface area contributed by atoms with Crippen molar-refractivity contribution in [3.63, 3.8) is 0 Å². The molecule has 1 N–H and O–H groups in total. The molecule has 4 heteroatoms. The SMILES string of the molecule is COc1cc(C(C)O)cc2c1OCCO2. The van der Waals surface area contributed by atoms with Gasteiger partial charge in [-0.25, -0.2) is 0 Å². The van der Waals surface area contributed by atoms with E-state index in [-0.39, 0.29) is 0 Å². The Hall–Kier alpha value is -1.42. The molecule has 82 valence electrons. The van der Waals surface area contributed by atoms with Gasteiger partial charge in [-0.05, 0) is 24.6 Å². The van der Waals surface area contributed by atoms with Crippen LogP contribution in [0.2, 0.25) is 0 Å². The topological polar surface area (TPSA) is 47.9 Å². The molecule has 1 atom stereocenters. The molecule has 1 aromatic rings. The van der Waals surface area contributed by atoms with Gasteiger partial charge in [-0.2, -0.15) is 0 Å². The molecule has 1 aliphatic rings. The maximum absolute atomic E-state index is 9.49. The molecule has 0 amide bonds. The number of rotatable bonds is 2. The quantitative estimate of drug-likeness (QED) is 0.804. The van der Waals surface area contributed by atoms with Gasteiger partial charge in [0.1, 0.15) is 13.2 Å². The Morgan fingerprint density at radius 3 is 2.73 bits per heavy atom. The van der Waals surface area contributed by atoms with Crippen molar-refractivity contribution in [2.45, 2.75) is 13.0 Å². The van der Waals surface area contributed by atoms with Crippen molar-refractivity contribution in [2.75, 3.05) is 20.3 Å². The van der Waals surface area contributed by atoms with Crippen molar-refractivity contribution in [1.82, 2.24) is 0 Å². The monoisotopic (exact) mass is 210 g/mol. The Labute approximate surface area is 88.4 Å². The van der Waals surface area contributed by atoms with Crippen molar-refractivity contribution in [2.24, 2.45) is 0 Å². The highest BCUT2D eigenvalue weighted by molar-refractivity contribution is 5.54. The van der Waals surface area contributed by atoms with Crippen LogP contribution in [0.4, 0.5) is 0 Å². The number of aliphatic hydroxyl groups excluding tert-OH is 1. The lowest BCUT2D eigenvalue weighted by molar-refractivity contribution is 0.161. The molecule has 0 aliphatic carbocycles. The van der Waals surface area contributed by atoms with E-state index in [0.717, 1.165) is 5.56 Å². The van der Waals surface area contributed by atoms with Crippen molar-refractivity contribution >= 4 is 0 Å². The minimum absolute atomic E-state index is 0.525. The maximum Gasteiger partial charge on any atom is 0.203 e. The zero-order valence-electron chi connectivity index (χ0n) is 8.82. The van der Waals surface area contributed by atoms with Crippen LogP contribution in [0.5, 0.6) is 17.2 Å². The Morgan fingerprint density at radius 2 is 2.07 bits per heavy atom. The van der Waals surface area contributed by atoms with Crippen LogP contribution in [0.15, 0.2) is 12.1 Å². The Balaban J connectivity index is 2.48. The van der Waals surface area contributed by atoms with Crippen LogP contribution in [-0.4, -0.2) is 25.4 Å². The second kappa shape index (κ2) is 3.98. The van der Waals surface area contributed by atoms with E-state index in [4.69, 9.17) is 14.2 Å². The summed E-state index contributed by atoms with van der Waals surface area (Å²) in [7, 11) is 1.57. The molecule has 0 radical (unpaired) electrons. The summed E-state index contributed by atoms with van der Waals surface area (Å²) in [6, 6.07) is 3.54. The molecule has 0 saturated heterocycles. The van der Waals surface area contributed by atoms with E-state index >= 15 is 0 Å². The van der Waals surface area contributed by atoms with Gasteiger partial charge in [0.15, 0.2) is 11.5 Å². The first kappa shape index (κ1) is 10.1. The average Bonchev–Trinajstić information content (AvgIpc) is 2.27. The van der Waals surface area contributed by atoms with Gasteiger partial charge in [0, 0.05) is 0 Å². The molecule has 0 fully saturated rings. The maximum atomic E-state index is 9.49. The van der Waals surface area contributed by atoms with Gasteiger partial charge in [0.05, 0.1) is 13.2 Å². The van der Waals surface area contributed by atoms with Crippen LogP contribution in [0, 0.1) is 0 Å². The summed E-state index contributed by atoms with van der Waals surface area (Å²) >= 11 is 0. The Bertz CT molecular complexity index is 343. The van der Waals surface area contributed by atoms with E-state index in [9.17, 15) is 5.11 Å². The lowest BCUT2D eigenvalue weighted by Gasteiger charge is -2.21. The summed E-state index contributed by atoms with van der Waals surface area (Å²) in [5, 5.41) is 9.49. The number of benzene rings is 1. The molecule has 4 nitrogen and oxygen atoms in total. The summed E-state index contributed by atoms with van der Waals surface area (Å²) in [4.78, 5) is 0. The number of methoxy groups -OCH3 is 1. The second-order valence-corrected chi connectivity index (χ2v) is 3.42. The molecule has 1 heterocycles. The van der Waals surface area contributed by atoms with Crippen molar-refractivity contribution in [3.8, 4) is 17.2 Å². The fraction of sp³-hybridized carbons (Fsp3) is 0.455. The van der Waals surface area contributed by atoms with E-state index < -0.39 is 6.10 Å². The Kier molecular flexibility index (Phi) is 2.68. The predicted molar refractivity (Wildman–Crippen MR) is 54.6 cm³/mol. The summed E-state index contributed by atoms with van der Waals surface area (Å²) in [5.74, 6) is 1.85. The van der Waals surface area contributed by atoms with Gasteiger partial charge in [-0.1, -0.05) is 0 Å². The minimum atomic E-state index is -0.547. The van der Waals surface area contributed by atoms with Crippen LogP contribution >= 0.6 is 0 Å². The van der Waals surface area contributed by atoms with Crippen LogP contribution in [0.1, 0.15) is 18.6 Å². The summed E-state index contributed by atoms with van der Waals surface area (Å²) < 4.78 is 16.1. The highest BCUT2D eigenvalue weighted by Crippen LogP contribution is 2.41. The molecule has 0 bridgehead atoms. The number of hydrogen-bond donors (Lipinski definition) is 1. The van der Waals surface area contributed by atoms with Gasteiger partial charge in [0.25, 0.3) is 0 Å². The zero-order valence-corrected chi connectivity index (χ0v) is 8.82. The molecular formula is C11H14O4. The van der Waals surface area contributed by atoms with Crippen LogP contribution in [0.25, 0.3) is 0 Å². The normalized spacial score (nSPS) is 15.9. The van der Waals surface area contributed by atoms with Gasteiger partial charge in [-0.15, -0.1) is 0 Å². The average molecular weight is 210 g/mol. The van der Waals surface area contributed by atoms with Crippen LogP contribution < -0.4 is 14.2 Å². The molecule has 1 unspecified atom stereocenters. The molecule has 1 aliphatic heterocycles. The minimum Gasteiger partial charge on any atom is -0.493 e. The smallest absolute Gasteiger partial charge is 0.203 e. The molecule has 0 saturated carbocycles. The second-order valence-electron chi connectivity index (χ2n) is 3.42. The number of hydrogen-bond acceptors (Lipinski definition) is 4. The van der Waals surface area contributed by atoms with E-state index in [0.29, 0.717) is 30.5 Å². The molecular weight excluding hydrogens is 196 g/mol. The standard InChI is InChI=1S/C11H14O4/c1-7(12)8-5-9(13-2)11-10(6-8)14-3-4-15-11/h5-7,12H,3-4H2,1-2H3. The lowest BCUT2D eigenvalue weighted by Crippen LogP contribution is -2.16. The molecule has 0 aromatic heterocycles. The number of ether oxygens (including phenoxy) is 3. The largest absolute Gasteiger partial charge is 0.493 e.